The van der Waals surface area contributed by atoms with E-state index in [2.05, 4.69) is 10.3 Å². The number of rotatable bonds is 4. The van der Waals surface area contributed by atoms with Gasteiger partial charge in [-0.1, -0.05) is 12.1 Å². The molecule has 1 N–H and O–H groups in total. The summed E-state index contributed by atoms with van der Waals surface area (Å²) < 4.78 is 18.4. The highest BCUT2D eigenvalue weighted by Gasteiger charge is 2.02. The fourth-order valence-electron chi connectivity index (χ4n) is 1.10. The first-order valence-electron chi connectivity index (χ1n) is 4.86. The molecule has 15 heavy (non-hydrogen) atoms. The molecule has 0 saturated carbocycles. The van der Waals surface area contributed by atoms with Gasteiger partial charge in [0, 0.05) is 13.6 Å². The minimum Gasteiger partial charge on any atom is -0.483 e. The van der Waals surface area contributed by atoms with Gasteiger partial charge in [0.2, 0.25) is 0 Å². The summed E-state index contributed by atoms with van der Waals surface area (Å²) in [5, 5.41) is 2.90. The molecule has 1 aromatic rings. The van der Waals surface area contributed by atoms with Crippen LogP contribution in [0.4, 0.5) is 4.39 Å². The third-order valence-electron chi connectivity index (χ3n) is 1.84. The van der Waals surface area contributed by atoms with E-state index in [1.807, 2.05) is 6.92 Å². The van der Waals surface area contributed by atoms with E-state index >= 15 is 0 Å². The maximum Gasteiger partial charge on any atom is 0.165 e. The van der Waals surface area contributed by atoms with Gasteiger partial charge >= 0.3 is 0 Å². The largest absolute Gasteiger partial charge is 0.483 e. The third kappa shape index (κ3) is 3.58. The minimum absolute atomic E-state index is 0.247. The second kappa shape index (κ2) is 6.01. The first-order valence-corrected chi connectivity index (χ1v) is 4.86. The normalized spacial score (nSPS) is 11.3. The summed E-state index contributed by atoms with van der Waals surface area (Å²) in [5.41, 5.74) is 0. The molecular weight excluding hydrogens is 195 g/mol. The van der Waals surface area contributed by atoms with Gasteiger partial charge in [0.15, 0.2) is 11.6 Å². The van der Waals surface area contributed by atoms with E-state index in [4.69, 9.17) is 4.74 Å². The quantitative estimate of drug-likeness (QED) is 0.607. The molecule has 0 atom stereocenters. The highest BCUT2D eigenvalue weighted by Crippen LogP contribution is 2.14. The summed E-state index contributed by atoms with van der Waals surface area (Å²) in [6.07, 6.45) is 0. The van der Waals surface area contributed by atoms with Gasteiger partial charge in [0.1, 0.15) is 12.4 Å². The van der Waals surface area contributed by atoms with Crippen LogP contribution >= 0.6 is 0 Å². The first-order chi connectivity index (χ1) is 7.27. The van der Waals surface area contributed by atoms with Gasteiger partial charge in [-0.3, -0.25) is 4.99 Å². The molecule has 0 spiro atoms. The van der Waals surface area contributed by atoms with Crippen molar-refractivity contribution in [3.8, 4) is 5.75 Å². The lowest BCUT2D eigenvalue weighted by molar-refractivity contribution is 0.350. The van der Waals surface area contributed by atoms with E-state index in [-0.39, 0.29) is 18.2 Å². The van der Waals surface area contributed by atoms with Crippen molar-refractivity contribution in [1.82, 2.24) is 5.32 Å². The zero-order valence-electron chi connectivity index (χ0n) is 8.96. The molecule has 0 aromatic heterocycles. The fraction of sp³-hybridized carbons (Fsp3) is 0.364. The van der Waals surface area contributed by atoms with Crippen LogP contribution in [0.2, 0.25) is 0 Å². The highest BCUT2D eigenvalue weighted by molar-refractivity contribution is 5.83. The lowest BCUT2D eigenvalue weighted by Gasteiger charge is -2.08. The predicted molar refractivity (Wildman–Crippen MR) is 58.9 cm³/mol. The summed E-state index contributed by atoms with van der Waals surface area (Å²) >= 11 is 0. The first kappa shape index (κ1) is 11.5. The summed E-state index contributed by atoms with van der Waals surface area (Å²) in [5.74, 6) is 0.599. The monoisotopic (exact) mass is 210 g/mol. The molecular formula is C11H15FN2O. The van der Waals surface area contributed by atoms with E-state index in [1.165, 1.54) is 6.07 Å². The second-order valence-corrected chi connectivity index (χ2v) is 2.89. The molecule has 0 aliphatic carbocycles. The molecule has 0 heterocycles. The topological polar surface area (TPSA) is 33.6 Å². The Kier molecular flexibility index (Phi) is 4.60. The van der Waals surface area contributed by atoms with Crippen LogP contribution in [0, 0.1) is 5.82 Å². The smallest absolute Gasteiger partial charge is 0.165 e. The molecule has 0 aliphatic heterocycles. The molecule has 4 heteroatoms. The van der Waals surface area contributed by atoms with E-state index in [1.54, 1.807) is 25.2 Å². The Bertz CT molecular complexity index is 339. The molecule has 0 bridgehead atoms. The number of nitrogens with zero attached hydrogens (tertiary/aromatic N) is 1. The molecule has 0 saturated heterocycles. The minimum atomic E-state index is -0.357. The van der Waals surface area contributed by atoms with Gasteiger partial charge in [-0.05, 0) is 19.1 Å². The molecule has 0 radical (unpaired) electrons. The van der Waals surface area contributed by atoms with Gasteiger partial charge in [0.25, 0.3) is 0 Å². The van der Waals surface area contributed by atoms with Crippen LogP contribution in [0.5, 0.6) is 5.75 Å². The summed E-state index contributed by atoms with van der Waals surface area (Å²) in [6.45, 7) is 2.86. The van der Waals surface area contributed by atoms with Gasteiger partial charge < -0.3 is 10.1 Å². The second-order valence-electron chi connectivity index (χ2n) is 2.89. The lowest BCUT2D eigenvalue weighted by atomic mass is 10.3. The molecule has 0 unspecified atom stereocenters. The molecule has 1 aromatic carbocycles. The molecule has 3 nitrogen and oxygen atoms in total. The van der Waals surface area contributed by atoms with Crippen LogP contribution in [-0.4, -0.2) is 26.0 Å². The maximum absolute atomic E-state index is 13.1. The molecule has 82 valence electrons. The molecule has 0 amide bonds. The van der Waals surface area contributed by atoms with Crippen LogP contribution in [0.25, 0.3) is 0 Å². The Balaban J connectivity index is 2.57. The Hall–Kier alpha value is -1.58. The lowest BCUT2D eigenvalue weighted by Crippen LogP contribution is -2.26. The molecule has 0 fully saturated rings. The Morgan fingerprint density at radius 2 is 2.20 bits per heavy atom. The van der Waals surface area contributed by atoms with Crippen LogP contribution in [0.3, 0.4) is 0 Å². The van der Waals surface area contributed by atoms with Crippen molar-refractivity contribution < 1.29 is 9.13 Å². The van der Waals surface area contributed by atoms with Crippen LogP contribution < -0.4 is 10.1 Å². The zero-order chi connectivity index (χ0) is 11.1. The fourth-order valence-corrected chi connectivity index (χ4v) is 1.10. The van der Waals surface area contributed by atoms with E-state index in [0.29, 0.717) is 12.4 Å². The van der Waals surface area contributed by atoms with Crippen molar-refractivity contribution in [2.24, 2.45) is 4.99 Å². The Morgan fingerprint density at radius 1 is 1.47 bits per heavy atom. The molecule has 1 rings (SSSR count). The van der Waals surface area contributed by atoms with Gasteiger partial charge in [-0.15, -0.1) is 0 Å². The average Bonchev–Trinajstić information content (AvgIpc) is 2.26. The van der Waals surface area contributed by atoms with Gasteiger partial charge in [-0.2, -0.15) is 0 Å². The predicted octanol–water partition coefficient (Wildman–Crippen LogP) is 1.84. The molecule has 0 aliphatic rings. The summed E-state index contributed by atoms with van der Waals surface area (Å²) in [6, 6.07) is 6.32. The van der Waals surface area contributed by atoms with Gasteiger partial charge in [-0.25, -0.2) is 4.39 Å². The third-order valence-corrected chi connectivity index (χ3v) is 1.84. The van der Waals surface area contributed by atoms with Crippen molar-refractivity contribution in [3.05, 3.63) is 30.1 Å². The summed E-state index contributed by atoms with van der Waals surface area (Å²) in [7, 11) is 1.76. The standard InChI is InChI=1S/C11H15FN2O/c1-3-14-11(13-2)8-15-10-7-5-4-6-9(10)12/h4-7H,3,8H2,1-2H3,(H,13,14). The number of ether oxygens (including phenoxy) is 1. The maximum atomic E-state index is 13.1. The number of amidine groups is 1. The zero-order valence-corrected chi connectivity index (χ0v) is 8.96. The number of hydrogen-bond acceptors (Lipinski definition) is 2. The number of para-hydroxylation sites is 1. The highest BCUT2D eigenvalue weighted by atomic mass is 19.1. The number of benzene rings is 1. The van der Waals surface area contributed by atoms with Crippen LogP contribution in [-0.2, 0) is 0 Å². The average molecular weight is 210 g/mol. The Labute approximate surface area is 89.0 Å². The van der Waals surface area contributed by atoms with Crippen molar-refractivity contribution in [1.29, 1.82) is 0 Å². The van der Waals surface area contributed by atoms with Crippen molar-refractivity contribution in [2.45, 2.75) is 6.92 Å². The van der Waals surface area contributed by atoms with Crippen molar-refractivity contribution in [2.75, 3.05) is 20.2 Å². The van der Waals surface area contributed by atoms with E-state index < -0.39 is 0 Å². The number of halogens is 1. The van der Waals surface area contributed by atoms with Crippen molar-refractivity contribution >= 4 is 5.84 Å². The number of nitrogens with one attached hydrogen (secondary N) is 1. The van der Waals surface area contributed by atoms with Gasteiger partial charge in [0.05, 0.1) is 0 Å². The SMILES string of the molecule is CC/N=C(/COc1ccccc1F)NC. The Morgan fingerprint density at radius 3 is 2.80 bits per heavy atom. The number of aliphatic imine (C=N–C) groups is 1. The summed E-state index contributed by atoms with van der Waals surface area (Å²) in [4.78, 5) is 4.15. The van der Waals surface area contributed by atoms with Crippen LogP contribution in [0.1, 0.15) is 6.92 Å². The van der Waals surface area contributed by atoms with Crippen molar-refractivity contribution in [3.63, 3.8) is 0 Å². The number of likely N-dealkylation sites (N-methyl/N-ethyl adjacent to an activating group) is 1. The van der Waals surface area contributed by atoms with E-state index in [0.717, 1.165) is 0 Å². The number of hydrogen-bond donors (Lipinski definition) is 1. The van der Waals surface area contributed by atoms with Crippen LogP contribution in [0.15, 0.2) is 29.3 Å². The van der Waals surface area contributed by atoms with E-state index in [9.17, 15) is 4.39 Å².